The van der Waals surface area contributed by atoms with Crippen LogP contribution in [0.25, 0.3) is 43.5 Å². The van der Waals surface area contributed by atoms with Gasteiger partial charge in [0, 0.05) is 57.6 Å². The van der Waals surface area contributed by atoms with Crippen molar-refractivity contribution in [2.45, 2.75) is 31.7 Å². The summed E-state index contributed by atoms with van der Waals surface area (Å²) in [5.41, 5.74) is 9.87. The van der Waals surface area contributed by atoms with E-state index in [1.165, 1.54) is 25.7 Å². The molecule has 6 nitrogen and oxygen atoms in total. The number of nitrogens with zero attached hydrogens (tertiary/aromatic N) is 4. The van der Waals surface area contributed by atoms with Gasteiger partial charge in [0.1, 0.15) is 5.76 Å². The Morgan fingerprint density at radius 2 is 2.00 bits per heavy atom. The van der Waals surface area contributed by atoms with Crippen molar-refractivity contribution in [1.82, 2.24) is 19.7 Å². The minimum atomic E-state index is 0.402. The SMILES string of the molecule is Nc1ncc(-c2cnn(C3CCCC3)c2)c2cc(-c3csc4cnccc34)oc12. The van der Waals surface area contributed by atoms with Gasteiger partial charge in [-0.3, -0.25) is 9.67 Å². The maximum atomic E-state index is 6.19. The standard InChI is InChI=1S/C22H19N5OS/c23-22-21-16(7-19(28-21)18-12-29-20-10-24-6-5-15(18)20)17(9-25-22)13-8-26-27(11-13)14-3-1-2-4-14/h5-12,14H,1-4H2,(H2,23,25). The topological polar surface area (TPSA) is 82.8 Å². The van der Waals surface area contributed by atoms with E-state index in [1.807, 2.05) is 24.7 Å². The fourth-order valence-corrected chi connectivity index (χ4v) is 5.24. The van der Waals surface area contributed by atoms with E-state index in [0.717, 1.165) is 37.9 Å². The van der Waals surface area contributed by atoms with Gasteiger partial charge in [-0.2, -0.15) is 5.10 Å². The predicted molar refractivity (Wildman–Crippen MR) is 116 cm³/mol. The number of nitrogens with two attached hydrogens (primary N) is 1. The van der Waals surface area contributed by atoms with E-state index in [4.69, 9.17) is 10.2 Å². The molecule has 0 aliphatic heterocycles. The Morgan fingerprint density at radius 1 is 1.10 bits per heavy atom. The molecule has 0 aromatic carbocycles. The van der Waals surface area contributed by atoms with Crippen molar-refractivity contribution in [3.8, 4) is 22.5 Å². The highest BCUT2D eigenvalue weighted by Gasteiger charge is 2.20. The van der Waals surface area contributed by atoms with E-state index in [9.17, 15) is 0 Å². The van der Waals surface area contributed by atoms with Crippen LogP contribution in [0.15, 0.2) is 52.9 Å². The molecule has 0 atom stereocenters. The Balaban J connectivity index is 1.49. The first-order valence-corrected chi connectivity index (χ1v) is 10.7. The normalized spacial score (nSPS) is 15.0. The molecule has 0 spiro atoms. The van der Waals surface area contributed by atoms with Crippen molar-refractivity contribution < 1.29 is 4.42 Å². The molecule has 5 aromatic rings. The fraction of sp³-hybridized carbons (Fsp3) is 0.227. The lowest BCUT2D eigenvalue weighted by molar-refractivity contribution is 0.467. The summed E-state index contributed by atoms with van der Waals surface area (Å²) >= 11 is 1.66. The minimum absolute atomic E-state index is 0.402. The van der Waals surface area contributed by atoms with Crippen molar-refractivity contribution in [3.63, 3.8) is 0 Å². The molecule has 1 aliphatic rings. The number of anilines is 1. The van der Waals surface area contributed by atoms with E-state index in [2.05, 4.69) is 37.4 Å². The Morgan fingerprint density at radius 3 is 2.90 bits per heavy atom. The average Bonchev–Trinajstić information content (AvgIpc) is 3.53. The second-order valence-corrected chi connectivity index (χ2v) is 8.49. The Labute approximate surface area is 171 Å². The number of aromatic nitrogens is 4. The van der Waals surface area contributed by atoms with Gasteiger partial charge < -0.3 is 10.2 Å². The average molecular weight is 401 g/mol. The summed E-state index contributed by atoms with van der Waals surface area (Å²) in [7, 11) is 0. The van der Waals surface area contributed by atoms with Gasteiger partial charge in [-0.15, -0.1) is 11.3 Å². The number of nitrogen functional groups attached to an aromatic ring is 1. The highest BCUT2D eigenvalue weighted by atomic mass is 32.1. The van der Waals surface area contributed by atoms with Gasteiger partial charge in [0.05, 0.1) is 16.9 Å². The number of hydrogen-bond donors (Lipinski definition) is 1. The van der Waals surface area contributed by atoms with Crippen molar-refractivity contribution in [1.29, 1.82) is 0 Å². The number of rotatable bonds is 3. The zero-order valence-electron chi connectivity index (χ0n) is 15.7. The van der Waals surface area contributed by atoms with Crippen LogP contribution >= 0.6 is 11.3 Å². The monoisotopic (exact) mass is 401 g/mol. The van der Waals surface area contributed by atoms with Gasteiger partial charge >= 0.3 is 0 Å². The molecule has 1 fully saturated rings. The summed E-state index contributed by atoms with van der Waals surface area (Å²) in [6.07, 6.45) is 14.5. The molecule has 0 saturated heterocycles. The zero-order valence-corrected chi connectivity index (χ0v) is 16.5. The second kappa shape index (κ2) is 6.42. The molecular formula is C22H19N5OS. The molecular weight excluding hydrogens is 382 g/mol. The number of thiophene rings is 1. The first-order valence-electron chi connectivity index (χ1n) is 9.82. The molecule has 1 saturated carbocycles. The molecule has 6 rings (SSSR count). The molecule has 1 aliphatic carbocycles. The zero-order chi connectivity index (χ0) is 19.4. The molecule has 0 radical (unpaired) electrons. The highest BCUT2D eigenvalue weighted by molar-refractivity contribution is 7.17. The van der Waals surface area contributed by atoms with Crippen LogP contribution in [0.3, 0.4) is 0 Å². The highest BCUT2D eigenvalue weighted by Crippen LogP contribution is 2.40. The summed E-state index contributed by atoms with van der Waals surface area (Å²) in [5, 5.41) is 8.82. The summed E-state index contributed by atoms with van der Waals surface area (Å²) in [4.78, 5) is 8.59. The van der Waals surface area contributed by atoms with Crippen LogP contribution < -0.4 is 5.73 Å². The number of hydrogen-bond acceptors (Lipinski definition) is 6. The van der Waals surface area contributed by atoms with Gasteiger partial charge in [-0.25, -0.2) is 4.98 Å². The van der Waals surface area contributed by atoms with Crippen molar-refractivity contribution in [3.05, 3.63) is 48.5 Å². The van der Waals surface area contributed by atoms with E-state index in [0.29, 0.717) is 17.4 Å². The molecule has 5 heterocycles. The van der Waals surface area contributed by atoms with Gasteiger partial charge in [0.2, 0.25) is 0 Å². The Kier molecular flexibility index (Phi) is 3.70. The molecule has 144 valence electrons. The molecule has 0 unspecified atom stereocenters. The molecule has 0 bridgehead atoms. The predicted octanol–water partition coefficient (Wildman–Crippen LogP) is 5.67. The van der Waals surface area contributed by atoms with Crippen LogP contribution in [0.2, 0.25) is 0 Å². The summed E-state index contributed by atoms with van der Waals surface area (Å²) < 4.78 is 9.43. The molecule has 2 N–H and O–H groups in total. The smallest absolute Gasteiger partial charge is 0.177 e. The van der Waals surface area contributed by atoms with Crippen LogP contribution in [0, 0.1) is 0 Å². The van der Waals surface area contributed by atoms with Crippen molar-refractivity contribution in [2.24, 2.45) is 0 Å². The van der Waals surface area contributed by atoms with Gasteiger partial charge in [0.15, 0.2) is 11.4 Å². The van der Waals surface area contributed by atoms with Crippen LogP contribution in [0.5, 0.6) is 0 Å². The third kappa shape index (κ3) is 2.65. The number of furan rings is 1. The van der Waals surface area contributed by atoms with Crippen LogP contribution in [0.4, 0.5) is 5.82 Å². The quantitative estimate of drug-likeness (QED) is 0.421. The summed E-state index contributed by atoms with van der Waals surface area (Å²) in [6, 6.07) is 4.59. The summed E-state index contributed by atoms with van der Waals surface area (Å²) in [5.74, 6) is 1.20. The molecule has 7 heteroatoms. The lowest BCUT2D eigenvalue weighted by Gasteiger charge is -2.08. The lowest BCUT2D eigenvalue weighted by Crippen LogP contribution is -2.04. The maximum absolute atomic E-state index is 6.19. The van der Waals surface area contributed by atoms with E-state index >= 15 is 0 Å². The van der Waals surface area contributed by atoms with Crippen LogP contribution in [-0.2, 0) is 0 Å². The summed E-state index contributed by atoms with van der Waals surface area (Å²) in [6.45, 7) is 0. The first-order chi connectivity index (χ1) is 14.3. The van der Waals surface area contributed by atoms with E-state index in [-0.39, 0.29) is 0 Å². The Bertz CT molecular complexity index is 1340. The van der Waals surface area contributed by atoms with E-state index in [1.54, 1.807) is 17.5 Å². The molecule has 29 heavy (non-hydrogen) atoms. The van der Waals surface area contributed by atoms with Gasteiger partial charge in [-0.05, 0) is 25.0 Å². The molecule has 0 amide bonds. The maximum Gasteiger partial charge on any atom is 0.177 e. The molecule has 5 aromatic heterocycles. The Hall–Kier alpha value is -3.19. The third-order valence-electron chi connectivity index (χ3n) is 5.84. The van der Waals surface area contributed by atoms with Gasteiger partial charge in [0.25, 0.3) is 0 Å². The van der Waals surface area contributed by atoms with Gasteiger partial charge in [-0.1, -0.05) is 12.8 Å². The van der Waals surface area contributed by atoms with Crippen LogP contribution in [-0.4, -0.2) is 19.7 Å². The van der Waals surface area contributed by atoms with Crippen LogP contribution in [0.1, 0.15) is 31.7 Å². The minimum Gasteiger partial charge on any atom is -0.452 e. The fourth-order valence-electron chi connectivity index (χ4n) is 4.33. The van der Waals surface area contributed by atoms with Crippen molar-refractivity contribution >= 4 is 38.2 Å². The third-order valence-corrected chi connectivity index (χ3v) is 6.78. The lowest BCUT2D eigenvalue weighted by atomic mass is 10.1. The number of pyridine rings is 2. The van der Waals surface area contributed by atoms with Crippen molar-refractivity contribution in [2.75, 3.05) is 5.73 Å². The first kappa shape index (κ1) is 16.7. The second-order valence-electron chi connectivity index (χ2n) is 7.58. The number of fused-ring (bicyclic) bond motifs is 2. The largest absolute Gasteiger partial charge is 0.452 e. The van der Waals surface area contributed by atoms with E-state index < -0.39 is 0 Å².